The third-order valence-corrected chi connectivity index (χ3v) is 7.29. The maximum absolute atomic E-state index is 5.08. The Morgan fingerprint density at radius 2 is 0.921 bits per heavy atom. The Balaban J connectivity index is 1.32. The van der Waals surface area contributed by atoms with E-state index in [1.165, 1.54) is 21.5 Å². The number of benzene rings is 4. The van der Waals surface area contributed by atoms with Gasteiger partial charge in [0.05, 0.1) is 52.0 Å². The van der Waals surface area contributed by atoms with Crippen LogP contribution in [-0.4, -0.2) is 24.1 Å². The van der Waals surface area contributed by atoms with E-state index in [1.807, 2.05) is 24.8 Å². The second-order valence-corrected chi connectivity index (χ2v) is 9.43. The summed E-state index contributed by atoms with van der Waals surface area (Å²) in [5.74, 6) is 0.780. The lowest BCUT2D eigenvalue weighted by Crippen LogP contribution is -2.01. The van der Waals surface area contributed by atoms with Crippen molar-refractivity contribution in [1.29, 1.82) is 0 Å². The lowest BCUT2D eigenvalue weighted by atomic mass is 10.2. The average molecular weight is 488 g/mol. The Hall–Kier alpha value is -5.29. The van der Waals surface area contributed by atoms with Gasteiger partial charge in [-0.1, -0.05) is 72.8 Å². The van der Waals surface area contributed by atoms with Gasteiger partial charge in [-0.15, -0.1) is 0 Å². The van der Waals surface area contributed by atoms with Gasteiger partial charge in [0.1, 0.15) is 0 Å². The molecule has 0 saturated carbocycles. The number of hydrogen-bond donors (Lipinski definition) is 0. The van der Waals surface area contributed by atoms with Gasteiger partial charge < -0.3 is 4.57 Å². The molecule has 0 amide bonds. The van der Waals surface area contributed by atoms with Crippen LogP contribution in [0.3, 0.4) is 0 Å². The molecule has 0 atom stereocenters. The van der Waals surface area contributed by atoms with E-state index in [0.29, 0.717) is 0 Å². The van der Waals surface area contributed by atoms with Crippen molar-refractivity contribution in [3.63, 3.8) is 0 Å². The number of rotatable bonds is 3. The maximum Gasteiger partial charge on any atom is 0.156 e. The molecule has 0 aliphatic carbocycles. The number of aromatic nitrogens is 5. The van der Waals surface area contributed by atoms with Crippen LogP contribution in [0.5, 0.6) is 0 Å². The van der Waals surface area contributed by atoms with Crippen LogP contribution in [0, 0.1) is 0 Å². The molecule has 5 nitrogen and oxygen atoms in total. The monoisotopic (exact) mass is 487 g/mol. The molecule has 38 heavy (non-hydrogen) atoms. The maximum atomic E-state index is 5.08. The van der Waals surface area contributed by atoms with E-state index in [1.54, 1.807) is 0 Å². The van der Waals surface area contributed by atoms with Gasteiger partial charge in [0.15, 0.2) is 5.82 Å². The summed E-state index contributed by atoms with van der Waals surface area (Å²) in [6.07, 6.45) is 7.40. The molecule has 0 saturated heterocycles. The fourth-order valence-corrected chi connectivity index (χ4v) is 5.66. The summed E-state index contributed by atoms with van der Waals surface area (Å²) in [6.45, 7) is 0. The lowest BCUT2D eigenvalue weighted by Gasteiger charge is -2.11. The highest BCUT2D eigenvalue weighted by Crippen LogP contribution is 2.34. The Morgan fingerprint density at radius 1 is 0.447 bits per heavy atom. The van der Waals surface area contributed by atoms with E-state index < -0.39 is 0 Å². The van der Waals surface area contributed by atoms with Gasteiger partial charge in [-0.25, -0.2) is 4.98 Å². The van der Waals surface area contributed by atoms with E-state index in [2.05, 4.69) is 122 Å². The van der Waals surface area contributed by atoms with Crippen LogP contribution in [0.2, 0.25) is 0 Å². The van der Waals surface area contributed by atoms with E-state index >= 15 is 0 Å². The molecule has 4 aromatic carbocycles. The largest absolute Gasteiger partial charge is 0.308 e. The Morgan fingerprint density at radius 3 is 1.47 bits per heavy atom. The molecule has 0 aliphatic heterocycles. The highest BCUT2D eigenvalue weighted by atomic mass is 15.1. The van der Waals surface area contributed by atoms with Crippen LogP contribution in [0.4, 0.5) is 0 Å². The van der Waals surface area contributed by atoms with Gasteiger partial charge in [0.25, 0.3) is 0 Å². The zero-order valence-electron chi connectivity index (χ0n) is 20.4. The van der Waals surface area contributed by atoms with Gasteiger partial charge in [0.2, 0.25) is 0 Å². The minimum absolute atomic E-state index is 0.777. The molecule has 0 aliphatic rings. The van der Waals surface area contributed by atoms with Crippen molar-refractivity contribution >= 4 is 43.6 Å². The molecule has 0 unspecified atom stereocenters. The van der Waals surface area contributed by atoms with Gasteiger partial charge in [0, 0.05) is 33.3 Å². The normalized spacial score (nSPS) is 11.7. The predicted molar refractivity (Wildman–Crippen MR) is 154 cm³/mol. The summed E-state index contributed by atoms with van der Waals surface area (Å²) in [5, 5.41) is 4.85. The first-order chi connectivity index (χ1) is 18.9. The van der Waals surface area contributed by atoms with E-state index in [-0.39, 0.29) is 0 Å². The van der Waals surface area contributed by atoms with Gasteiger partial charge in [-0.05, 0) is 30.3 Å². The van der Waals surface area contributed by atoms with E-state index in [9.17, 15) is 0 Å². The van der Waals surface area contributed by atoms with E-state index in [4.69, 9.17) is 4.98 Å². The van der Waals surface area contributed by atoms with Crippen molar-refractivity contribution in [2.75, 3.05) is 0 Å². The smallest absolute Gasteiger partial charge is 0.156 e. The fraction of sp³-hybridized carbons (Fsp3) is 0. The molecule has 5 heteroatoms. The van der Waals surface area contributed by atoms with Crippen molar-refractivity contribution < 1.29 is 0 Å². The summed E-state index contributed by atoms with van der Waals surface area (Å²) in [5.41, 5.74) is 7.20. The van der Waals surface area contributed by atoms with Crippen molar-refractivity contribution in [3.05, 3.63) is 128 Å². The van der Waals surface area contributed by atoms with Crippen molar-refractivity contribution in [2.45, 2.75) is 0 Å². The molecule has 4 aromatic heterocycles. The van der Waals surface area contributed by atoms with Gasteiger partial charge in [-0.3, -0.25) is 14.5 Å². The summed E-state index contributed by atoms with van der Waals surface area (Å²) in [7, 11) is 0. The summed E-state index contributed by atoms with van der Waals surface area (Å²) >= 11 is 0. The first-order valence-corrected chi connectivity index (χ1v) is 12.6. The Bertz CT molecular complexity index is 1890. The van der Waals surface area contributed by atoms with Crippen LogP contribution >= 0.6 is 0 Å². The first kappa shape index (κ1) is 20.9. The molecule has 8 aromatic rings. The second kappa shape index (κ2) is 8.11. The first-order valence-electron chi connectivity index (χ1n) is 12.6. The fourth-order valence-electron chi connectivity index (χ4n) is 5.66. The zero-order valence-corrected chi connectivity index (χ0v) is 20.4. The molecule has 0 spiro atoms. The van der Waals surface area contributed by atoms with E-state index in [0.717, 1.165) is 44.8 Å². The minimum atomic E-state index is 0.777. The molecular weight excluding hydrogens is 466 g/mol. The SMILES string of the molecule is c1ccc2c(c1)c1ccccc1n2-c1cncc(-c2cncc(-n3c4ccccc4c4ccccc43)n2)c1. The highest BCUT2D eigenvalue weighted by molar-refractivity contribution is 6.10. The average Bonchev–Trinajstić information content (AvgIpc) is 3.51. The van der Waals surface area contributed by atoms with Crippen LogP contribution < -0.4 is 0 Å². The molecule has 0 N–H and O–H groups in total. The van der Waals surface area contributed by atoms with Crippen LogP contribution in [-0.2, 0) is 0 Å². The Labute approximate surface area is 218 Å². The zero-order chi connectivity index (χ0) is 25.1. The van der Waals surface area contributed by atoms with Crippen LogP contribution in [0.25, 0.3) is 66.4 Å². The number of hydrogen-bond acceptors (Lipinski definition) is 3. The number of pyridine rings is 1. The lowest BCUT2D eigenvalue weighted by molar-refractivity contribution is 1.04. The summed E-state index contributed by atoms with van der Waals surface area (Å²) < 4.78 is 4.46. The summed E-state index contributed by atoms with van der Waals surface area (Å²) in [4.78, 5) is 14.3. The highest BCUT2D eigenvalue weighted by Gasteiger charge is 2.15. The van der Waals surface area contributed by atoms with Crippen molar-refractivity contribution in [3.8, 4) is 22.8 Å². The predicted octanol–water partition coefficient (Wildman–Crippen LogP) is 7.73. The Kier molecular flexibility index (Phi) is 4.45. The van der Waals surface area contributed by atoms with Crippen LogP contribution in [0.15, 0.2) is 128 Å². The minimum Gasteiger partial charge on any atom is -0.308 e. The standard InChI is InChI=1S/C33H21N5/c1-5-13-29-24(9-1)25-10-2-6-14-30(25)37(29)23-17-22(18-34-19-23)28-20-35-21-33(36-28)38-31-15-7-3-11-26(31)27-12-4-8-16-32(27)38/h1-21H. The number of fused-ring (bicyclic) bond motifs is 6. The second-order valence-electron chi connectivity index (χ2n) is 9.43. The third-order valence-electron chi connectivity index (χ3n) is 7.29. The molecule has 0 radical (unpaired) electrons. The van der Waals surface area contributed by atoms with Crippen LogP contribution in [0.1, 0.15) is 0 Å². The molecule has 0 bridgehead atoms. The third kappa shape index (κ3) is 3.02. The van der Waals surface area contributed by atoms with Crippen molar-refractivity contribution in [2.24, 2.45) is 0 Å². The quantitative estimate of drug-likeness (QED) is 0.256. The topological polar surface area (TPSA) is 48.5 Å². The molecule has 4 heterocycles. The number of nitrogens with zero attached hydrogens (tertiary/aromatic N) is 5. The molecule has 8 rings (SSSR count). The number of para-hydroxylation sites is 4. The molecule has 0 fully saturated rings. The van der Waals surface area contributed by atoms with Gasteiger partial charge >= 0.3 is 0 Å². The summed E-state index contributed by atoms with van der Waals surface area (Å²) in [6, 6.07) is 36.0. The van der Waals surface area contributed by atoms with Crippen molar-refractivity contribution in [1.82, 2.24) is 24.1 Å². The van der Waals surface area contributed by atoms with Gasteiger partial charge in [-0.2, -0.15) is 0 Å². The molecule has 178 valence electrons. The molecular formula is C33H21N5.